The third kappa shape index (κ3) is 2.25. The lowest BCUT2D eigenvalue weighted by molar-refractivity contribution is 0.388. The zero-order chi connectivity index (χ0) is 20.6. The number of rotatable bonds is 1. The van der Waals surface area contributed by atoms with Gasteiger partial charge in [-0.2, -0.15) is 0 Å². The fourth-order valence-corrected chi connectivity index (χ4v) is 5.12. The second-order valence-corrected chi connectivity index (χ2v) is 9.13. The third-order valence-corrected chi connectivity index (χ3v) is 6.48. The molecule has 0 unspecified atom stereocenters. The Kier molecular flexibility index (Phi) is 3.85. The Morgan fingerprint density at radius 1 is 0.857 bits per heavy atom. The zero-order valence-corrected chi connectivity index (χ0v) is 18.0. The average Bonchev–Trinajstić information content (AvgIpc) is 2.58. The lowest BCUT2D eigenvalue weighted by atomic mass is 9.59. The van der Waals surface area contributed by atoms with Crippen LogP contribution in [0.2, 0.25) is 0 Å². The van der Waals surface area contributed by atoms with E-state index in [9.17, 15) is 4.79 Å². The van der Waals surface area contributed by atoms with E-state index in [1.807, 2.05) is 13.8 Å². The van der Waals surface area contributed by atoms with Crippen LogP contribution in [-0.4, -0.2) is 7.11 Å². The Morgan fingerprint density at radius 3 is 2.18 bits per heavy atom. The molecule has 3 nitrogen and oxygen atoms in total. The van der Waals surface area contributed by atoms with Crippen LogP contribution in [0.1, 0.15) is 66.8 Å². The van der Waals surface area contributed by atoms with Gasteiger partial charge >= 0.3 is 0 Å². The van der Waals surface area contributed by atoms with E-state index in [0.29, 0.717) is 16.7 Å². The van der Waals surface area contributed by atoms with Gasteiger partial charge in [-0.3, -0.25) is 4.79 Å². The average molecular weight is 376 g/mol. The highest BCUT2D eigenvalue weighted by Gasteiger charge is 2.46. The largest absolute Gasteiger partial charge is 0.496 e. The first kappa shape index (κ1) is 18.8. The van der Waals surface area contributed by atoms with Gasteiger partial charge in [-0.25, -0.2) is 0 Å². The van der Waals surface area contributed by atoms with E-state index in [4.69, 9.17) is 9.15 Å². The first-order chi connectivity index (χ1) is 13.0. The fourth-order valence-electron chi connectivity index (χ4n) is 5.12. The molecule has 0 N–H and O–H groups in total. The molecule has 0 saturated carbocycles. The molecule has 1 heterocycles. The first-order valence-corrected chi connectivity index (χ1v) is 9.79. The van der Waals surface area contributed by atoms with Crippen LogP contribution < -0.4 is 10.2 Å². The van der Waals surface area contributed by atoms with Crippen LogP contribution in [0.4, 0.5) is 0 Å². The molecule has 0 saturated heterocycles. The highest BCUT2D eigenvalue weighted by atomic mass is 16.5. The lowest BCUT2D eigenvalue weighted by Gasteiger charge is -2.45. The van der Waals surface area contributed by atoms with Crippen LogP contribution in [0.5, 0.6) is 5.75 Å². The molecule has 0 fully saturated rings. The van der Waals surface area contributed by atoms with Gasteiger partial charge in [0.05, 0.1) is 12.5 Å². The summed E-state index contributed by atoms with van der Waals surface area (Å²) in [6, 6.07) is 8.13. The smallest absolute Gasteiger partial charge is 0.193 e. The molecule has 1 aliphatic carbocycles. The molecule has 0 aliphatic heterocycles. The van der Waals surface area contributed by atoms with Crippen molar-refractivity contribution in [3.63, 3.8) is 0 Å². The molecule has 0 amide bonds. The Morgan fingerprint density at radius 2 is 1.54 bits per heavy atom. The van der Waals surface area contributed by atoms with E-state index >= 15 is 0 Å². The van der Waals surface area contributed by atoms with Gasteiger partial charge < -0.3 is 9.15 Å². The maximum atomic E-state index is 12.8. The summed E-state index contributed by atoms with van der Waals surface area (Å²) in [4.78, 5) is 12.8. The molecule has 0 spiro atoms. The maximum absolute atomic E-state index is 12.8. The number of benzene rings is 2. The molecule has 1 aliphatic rings. The summed E-state index contributed by atoms with van der Waals surface area (Å²) in [5.74, 6) is 1.56. The molecular weight excluding hydrogens is 348 g/mol. The first-order valence-electron chi connectivity index (χ1n) is 9.79. The zero-order valence-electron chi connectivity index (χ0n) is 18.0. The second kappa shape index (κ2) is 5.73. The SMILES string of the molecule is COc1c(C)ccc2c1C(C)(C)c1c(cc(C)c3c(=O)cc(C)oc13)C2(C)C. The minimum atomic E-state index is -0.368. The van der Waals surface area contributed by atoms with Gasteiger partial charge in [0.15, 0.2) is 5.43 Å². The predicted octanol–water partition coefficient (Wildman–Crippen LogP) is 5.69. The van der Waals surface area contributed by atoms with E-state index in [-0.39, 0.29) is 16.3 Å². The summed E-state index contributed by atoms with van der Waals surface area (Å²) >= 11 is 0. The predicted molar refractivity (Wildman–Crippen MR) is 114 cm³/mol. The summed E-state index contributed by atoms with van der Waals surface area (Å²) < 4.78 is 12.1. The van der Waals surface area contributed by atoms with Gasteiger partial charge in [0, 0.05) is 28.0 Å². The van der Waals surface area contributed by atoms with Crippen LogP contribution >= 0.6 is 0 Å². The minimum Gasteiger partial charge on any atom is -0.496 e. The molecule has 28 heavy (non-hydrogen) atoms. The molecule has 3 aromatic rings. The second-order valence-electron chi connectivity index (χ2n) is 9.13. The molecular formula is C25H28O3. The maximum Gasteiger partial charge on any atom is 0.193 e. The van der Waals surface area contributed by atoms with E-state index in [0.717, 1.165) is 22.4 Å². The fraction of sp³-hybridized carbons (Fsp3) is 0.400. The van der Waals surface area contributed by atoms with Crippen molar-refractivity contribution in [2.24, 2.45) is 0 Å². The molecule has 2 aromatic carbocycles. The summed E-state index contributed by atoms with van der Waals surface area (Å²) in [5, 5.41) is 0.684. The Hall–Kier alpha value is -2.55. The lowest BCUT2D eigenvalue weighted by Crippen LogP contribution is -2.37. The Labute approximate surface area is 166 Å². The number of ether oxygens (including phenoxy) is 1. The van der Waals surface area contributed by atoms with Crippen LogP contribution in [0.3, 0.4) is 0 Å². The quantitative estimate of drug-likeness (QED) is 0.547. The molecule has 0 bridgehead atoms. The summed E-state index contributed by atoms with van der Waals surface area (Å²) in [5.41, 5.74) is 6.97. The van der Waals surface area contributed by atoms with Gasteiger partial charge in [0.2, 0.25) is 0 Å². The van der Waals surface area contributed by atoms with Crippen molar-refractivity contribution < 1.29 is 9.15 Å². The van der Waals surface area contributed by atoms with E-state index < -0.39 is 0 Å². The van der Waals surface area contributed by atoms with Gasteiger partial charge in [0.25, 0.3) is 0 Å². The number of hydrogen-bond donors (Lipinski definition) is 0. The Balaban J connectivity index is 2.27. The van der Waals surface area contributed by atoms with Gasteiger partial charge in [-0.15, -0.1) is 0 Å². The third-order valence-electron chi connectivity index (χ3n) is 6.48. The van der Waals surface area contributed by atoms with Gasteiger partial charge in [-0.05, 0) is 43.0 Å². The molecule has 0 radical (unpaired) electrons. The Bertz CT molecular complexity index is 1190. The number of aryl methyl sites for hydroxylation is 3. The topological polar surface area (TPSA) is 39.4 Å². The number of hydrogen-bond acceptors (Lipinski definition) is 3. The van der Waals surface area contributed by atoms with E-state index in [1.54, 1.807) is 13.2 Å². The van der Waals surface area contributed by atoms with Gasteiger partial charge in [-0.1, -0.05) is 45.9 Å². The normalized spacial score (nSPS) is 16.6. The number of methoxy groups -OCH3 is 1. The van der Waals surface area contributed by atoms with Crippen molar-refractivity contribution in [1.82, 2.24) is 0 Å². The van der Waals surface area contributed by atoms with Crippen molar-refractivity contribution >= 4 is 11.0 Å². The van der Waals surface area contributed by atoms with Crippen LogP contribution in [0.15, 0.2) is 33.5 Å². The van der Waals surface area contributed by atoms with Crippen LogP contribution in [-0.2, 0) is 10.8 Å². The highest BCUT2D eigenvalue weighted by molar-refractivity contribution is 5.88. The molecule has 3 heteroatoms. The van der Waals surface area contributed by atoms with Crippen molar-refractivity contribution in [3.05, 3.63) is 73.6 Å². The molecule has 4 rings (SSSR count). The molecule has 146 valence electrons. The summed E-state index contributed by atoms with van der Waals surface area (Å²) in [7, 11) is 1.73. The van der Waals surface area contributed by atoms with Crippen molar-refractivity contribution in [2.45, 2.75) is 59.3 Å². The summed E-state index contributed by atoms with van der Waals surface area (Å²) in [6.45, 7) is 14.8. The standard InChI is InChI=1S/C25H28O3/c1-13-9-10-16-20(22(13)27-8)25(6,7)21-17(24(16,4)5)11-14(2)19-18(26)12-15(3)28-23(19)21/h9-12H,1-8H3. The van der Waals surface area contributed by atoms with Crippen molar-refractivity contribution in [1.29, 1.82) is 0 Å². The van der Waals surface area contributed by atoms with Crippen molar-refractivity contribution in [2.75, 3.05) is 7.11 Å². The highest BCUT2D eigenvalue weighted by Crippen LogP contribution is 2.55. The van der Waals surface area contributed by atoms with E-state index in [1.165, 1.54) is 16.7 Å². The monoisotopic (exact) mass is 376 g/mol. The van der Waals surface area contributed by atoms with Crippen LogP contribution in [0, 0.1) is 20.8 Å². The molecule has 0 atom stereocenters. The summed E-state index contributed by atoms with van der Waals surface area (Å²) in [6.07, 6.45) is 0. The number of fused-ring (bicyclic) bond motifs is 4. The van der Waals surface area contributed by atoms with Crippen LogP contribution in [0.25, 0.3) is 11.0 Å². The van der Waals surface area contributed by atoms with Gasteiger partial charge in [0.1, 0.15) is 17.1 Å². The minimum absolute atomic E-state index is 0.0228. The van der Waals surface area contributed by atoms with Crippen molar-refractivity contribution in [3.8, 4) is 5.75 Å². The van der Waals surface area contributed by atoms with E-state index in [2.05, 4.69) is 52.8 Å². The molecule has 1 aromatic heterocycles.